The normalized spacial score (nSPS) is 10.5. The van der Waals surface area contributed by atoms with Gasteiger partial charge >= 0.3 is 5.97 Å². The lowest BCUT2D eigenvalue weighted by atomic mass is 10.1. The average molecular weight is 415 g/mol. The Bertz CT molecular complexity index is 953. The molecule has 3 aromatic rings. The second-order valence-electron chi connectivity index (χ2n) is 6.29. The minimum Gasteiger partial charge on any atom is -0.459 e. The number of nitrogens with zero attached hydrogens (tertiary/aromatic N) is 1. The second kappa shape index (κ2) is 9.48. The van der Waals surface area contributed by atoms with Crippen molar-refractivity contribution in [2.45, 2.75) is 26.4 Å². The number of aryl methyl sites for hydroxylation is 1. The monoisotopic (exact) mass is 414 g/mol. The Labute approximate surface area is 172 Å². The van der Waals surface area contributed by atoms with Gasteiger partial charge in [-0.05, 0) is 36.8 Å². The van der Waals surface area contributed by atoms with E-state index in [1.54, 1.807) is 29.6 Å². The third kappa shape index (κ3) is 6.18. The number of carbonyl (C=O) groups is 2. The van der Waals surface area contributed by atoms with E-state index in [0.29, 0.717) is 15.7 Å². The van der Waals surface area contributed by atoms with Crippen LogP contribution in [0.25, 0.3) is 0 Å². The van der Waals surface area contributed by atoms with Crippen LogP contribution in [0, 0.1) is 6.92 Å². The molecule has 1 heterocycles. The molecule has 0 spiro atoms. The van der Waals surface area contributed by atoms with Crippen molar-refractivity contribution in [3.05, 3.63) is 80.8 Å². The number of rotatable bonds is 7. The van der Waals surface area contributed by atoms with Crippen LogP contribution in [0.3, 0.4) is 0 Å². The first-order valence-electron chi connectivity index (χ1n) is 8.68. The highest BCUT2D eigenvalue weighted by Gasteiger charge is 2.11. The number of anilines is 1. The molecule has 0 radical (unpaired) electrons. The number of amides is 1. The summed E-state index contributed by atoms with van der Waals surface area (Å²) in [5.41, 5.74) is 3.35. The summed E-state index contributed by atoms with van der Waals surface area (Å²) in [7, 11) is 0. The summed E-state index contributed by atoms with van der Waals surface area (Å²) < 4.78 is 5.26. The van der Waals surface area contributed by atoms with Crippen LogP contribution in [0.2, 0.25) is 5.02 Å². The number of thiazole rings is 1. The highest BCUT2D eigenvalue weighted by Crippen LogP contribution is 2.15. The number of carbonyl (C=O) groups excluding carboxylic acids is 2. The Kier molecular flexibility index (Phi) is 6.79. The van der Waals surface area contributed by atoms with Crippen molar-refractivity contribution in [1.82, 2.24) is 4.98 Å². The van der Waals surface area contributed by atoms with E-state index in [9.17, 15) is 9.59 Å². The third-order valence-electron chi connectivity index (χ3n) is 3.89. The van der Waals surface area contributed by atoms with Crippen molar-refractivity contribution in [1.29, 1.82) is 0 Å². The molecule has 0 saturated carbocycles. The molecule has 0 aliphatic heterocycles. The molecule has 1 N–H and O–H groups in total. The lowest BCUT2D eigenvalue weighted by Gasteiger charge is -2.04. The fraction of sp³-hybridized carbons (Fsp3) is 0.190. The Balaban J connectivity index is 1.45. The smallest absolute Gasteiger partial charge is 0.310 e. The fourth-order valence-corrected chi connectivity index (χ4v) is 3.35. The van der Waals surface area contributed by atoms with Crippen molar-refractivity contribution in [3.8, 4) is 0 Å². The zero-order chi connectivity index (χ0) is 19.9. The van der Waals surface area contributed by atoms with Gasteiger partial charge in [-0.25, -0.2) is 4.98 Å². The molecule has 0 fully saturated rings. The molecule has 0 saturated heterocycles. The summed E-state index contributed by atoms with van der Waals surface area (Å²) in [5, 5.41) is 5.94. The maximum atomic E-state index is 12.1. The molecule has 3 rings (SSSR count). The maximum absolute atomic E-state index is 12.1. The number of ether oxygens (including phenoxy) is 1. The molecule has 144 valence electrons. The highest BCUT2D eigenvalue weighted by atomic mass is 35.5. The number of esters is 1. The number of benzene rings is 2. The first kappa shape index (κ1) is 20.0. The van der Waals surface area contributed by atoms with Gasteiger partial charge in [-0.1, -0.05) is 41.4 Å². The van der Waals surface area contributed by atoms with Gasteiger partial charge in [0.05, 0.1) is 18.5 Å². The molecule has 0 bridgehead atoms. The van der Waals surface area contributed by atoms with Crippen molar-refractivity contribution in [2.24, 2.45) is 0 Å². The zero-order valence-electron chi connectivity index (χ0n) is 15.3. The predicted octanol–water partition coefficient (Wildman–Crippen LogP) is 4.57. The number of aromatic nitrogens is 1. The third-order valence-corrected chi connectivity index (χ3v) is 5.04. The number of nitrogens with one attached hydrogen (secondary N) is 1. The van der Waals surface area contributed by atoms with Crippen LogP contribution in [0.4, 0.5) is 5.69 Å². The molecule has 2 aromatic carbocycles. The van der Waals surface area contributed by atoms with Gasteiger partial charge in [0.15, 0.2) is 0 Å². The van der Waals surface area contributed by atoms with Gasteiger partial charge in [-0.15, -0.1) is 11.3 Å². The molecule has 7 heteroatoms. The Morgan fingerprint density at radius 1 is 1.07 bits per heavy atom. The number of hydrogen-bond acceptors (Lipinski definition) is 5. The van der Waals surface area contributed by atoms with Gasteiger partial charge in [0.25, 0.3) is 0 Å². The summed E-state index contributed by atoms with van der Waals surface area (Å²) in [6.07, 6.45) is 0.352. The van der Waals surface area contributed by atoms with Crippen LogP contribution in [-0.4, -0.2) is 16.9 Å². The molecule has 0 aliphatic rings. The lowest BCUT2D eigenvalue weighted by Crippen LogP contribution is -2.14. The van der Waals surface area contributed by atoms with Crippen LogP contribution >= 0.6 is 22.9 Å². The van der Waals surface area contributed by atoms with Crippen LogP contribution < -0.4 is 5.32 Å². The number of hydrogen-bond donors (Lipinski definition) is 1. The standard InChI is InChI=1S/C21H19ClN2O3S/c1-14-2-8-17(9-3-14)23-19(25)11-20-24-18(13-28-20)12-27-21(26)10-15-4-6-16(22)7-5-15/h2-9,13H,10-12H2,1H3,(H,23,25). The van der Waals surface area contributed by atoms with E-state index in [0.717, 1.165) is 16.8 Å². The maximum Gasteiger partial charge on any atom is 0.310 e. The van der Waals surface area contributed by atoms with Crippen molar-refractivity contribution in [3.63, 3.8) is 0 Å². The number of halogens is 1. The largest absolute Gasteiger partial charge is 0.459 e. The topological polar surface area (TPSA) is 68.3 Å². The van der Waals surface area contributed by atoms with E-state index in [4.69, 9.17) is 16.3 Å². The minimum atomic E-state index is -0.339. The van der Waals surface area contributed by atoms with E-state index < -0.39 is 0 Å². The Morgan fingerprint density at radius 3 is 2.50 bits per heavy atom. The van der Waals surface area contributed by atoms with Crippen LogP contribution in [-0.2, 0) is 33.8 Å². The first-order chi connectivity index (χ1) is 13.5. The zero-order valence-corrected chi connectivity index (χ0v) is 16.8. The van der Waals surface area contributed by atoms with E-state index in [1.807, 2.05) is 31.2 Å². The summed E-state index contributed by atoms with van der Waals surface area (Å²) in [5.74, 6) is -0.474. The molecule has 28 heavy (non-hydrogen) atoms. The average Bonchev–Trinajstić information content (AvgIpc) is 3.11. The van der Waals surface area contributed by atoms with E-state index >= 15 is 0 Å². The van der Waals surface area contributed by atoms with Crippen molar-refractivity contribution < 1.29 is 14.3 Å². The van der Waals surface area contributed by atoms with Gasteiger partial charge in [0.2, 0.25) is 5.91 Å². The lowest BCUT2D eigenvalue weighted by molar-refractivity contribution is -0.144. The quantitative estimate of drug-likeness (QED) is 0.575. The van der Waals surface area contributed by atoms with Gasteiger partial charge < -0.3 is 10.1 Å². The molecule has 0 atom stereocenters. The summed E-state index contributed by atoms with van der Waals surface area (Å²) >= 11 is 7.20. The highest BCUT2D eigenvalue weighted by molar-refractivity contribution is 7.09. The summed E-state index contributed by atoms with van der Waals surface area (Å²) in [4.78, 5) is 28.4. The first-order valence-corrected chi connectivity index (χ1v) is 9.93. The van der Waals surface area contributed by atoms with Crippen LogP contribution in [0.1, 0.15) is 21.8 Å². The fourth-order valence-electron chi connectivity index (χ4n) is 2.45. The van der Waals surface area contributed by atoms with Gasteiger partial charge in [-0.3, -0.25) is 9.59 Å². The van der Waals surface area contributed by atoms with Crippen LogP contribution in [0.5, 0.6) is 0 Å². The van der Waals surface area contributed by atoms with Gasteiger partial charge in [0, 0.05) is 16.1 Å². The van der Waals surface area contributed by atoms with Crippen LogP contribution in [0.15, 0.2) is 53.9 Å². The van der Waals surface area contributed by atoms with E-state index in [-0.39, 0.29) is 31.3 Å². The minimum absolute atomic E-state index is 0.0858. The SMILES string of the molecule is Cc1ccc(NC(=O)Cc2nc(COC(=O)Cc3ccc(Cl)cc3)cs2)cc1. The van der Waals surface area contributed by atoms with Crippen molar-refractivity contribution >= 4 is 40.5 Å². The van der Waals surface area contributed by atoms with Gasteiger partial charge in [-0.2, -0.15) is 0 Å². The second-order valence-corrected chi connectivity index (χ2v) is 7.67. The summed E-state index contributed by atoms with van der Waals surface area (Å²) in [6.45, 7) is 2.08. The molecule has 1 amide bonds. The molecular weight excluding hydrogens is 396 g/mol. The molecule has 5 nitrogen and oxygen atoms in total. The van der Waals surface area contributed by atoms with Gasteiger partial charge in [0.1, 0.15) is 11.6 Å². The Hall–Kier alpha value is -2.70. The molecule has 1 aromatic heterocycles. The summed E-state index contributed by atoms with van der Waals surface area (Å²) in [6, 6.07) is 14.7. The molecular formula is C21H19ClN2O3S. The van der Waals surface area contributed by atoms with Crippen molar-refractivity contribution in [2.75, 3.05) is 5.32 Å². The molecule has 0 aliphatic carbocycles. The molecule has 0 unspecified atom stereocenters. The van der Waals surface area contributed by atoms with E-state index in [1.165, 1.54) is 11.3 Å². The Morgan fingerprint density at radius 2 is 1.79 bits per heavy atom. The van der Waals surface area contributed by atoms with E-state index in [2.05, 4.69) is 10.3 Å². The predicted molar refractivity (Wildman–Crippen MR) is 111 cm³/mol.